The Kier molecular flexibility index (Phi) is 5.55. The van der Waals surface area contributed by atoms with Gasteiger partial charge in [-0.15, -0.1) is 0 Å². The lowest BCUT2D eigenvalue weighted by Gasteiger charge is -2.30. The van der Waals surface area contributed by atoms with Gasteiger partial charge in [-0.2, -0.15) is 0 Å². The molecule has 2 heterocycles. The van der Waals surface area contributed by atoms with E-state index in [9.17, 15) is 15.0 Å². The molecule has 0 saturated carbocycles. The SMILES string of the molecule is O=C(C[C@H]1CN[C@@H](c2c(O)ccc(Cl)c2Cl)C1)N1CCC[C@@H](O)C1. The van der Waals surface area contributed by atoms with E-state index in [-0.39, 0.29) is 23.6 Å². The topological polar surface area (TPSA) is 72.8 Å². The Bertz CT molecular complexity index is 626. The van der Waals surface area contributed by atoms with Crippen LogP contribution in [-0.2, 0) is 4.79 Å². The summed E-state index contributed by atoms with van der Waals surface area (Å²) in [5, 5.41) is 23.9. The van der Waals surface area contributed by atoms with E-state index >= 15 is 0 Å². The quantitative estimate of drug-likeness (QED) is 0.762. The maximum Gasteiger partial charge on any atom is 0.222 e. The summed E-state index contributed by atoms with van der Waals surface area (Å²) >= 11 is 12.3. The minimum Gasteiger partial charge on any atom is -0.508 e. The number of rotatable bonds is 3. The maximum absolute atomic E-state index is 12.4. The molecule has 3 N–H and O–H groups in total. The fourth-order valence-corrected chi connectivity index (χ4v) is 4.09. The molecule has 2 aliphatic heterocycles. The number of likely N-dealkylation sites (tertiary alicyclic amines) is 1. The van der Waals surface area contributed by atoms with Crippen LogP contribution in [0.3, 0.4) is 0 Å². The molecule has 1 aromatic rings. The van der Waals surface area contributed by atoms with Gasteiger partial charge in [0.1, 0.15) is 5.75 Å². The van der Waals surface area contributed by atoms with E-state index in [0.717, 1.165) is 25.8 Å². The number of benzene rings is 1. The first-order chi connectivity index (χ1) is 11.5. The molecular formula is C17H22Cl2N2O3. The first kappa shape index (κ1) is 17.8. The molecule has 2 saturated heterocycles. The summed E-state index contributed by atoms with van der Waals surface area (Å²) in [5.74, 6) is 0.381. The van der Waals surface area contributed by atoms with Gasteiger partial charge in [0.2, 0.25) is 5.91 Å². The average molecular weight is 373 g/mol. The van der Waals surface area contributed by atoms with Crippen molar-refractivity contribution in [2.24, 2.45) is 5.92 Å². The number of nitrogens with one attached hydrogen (secondary N) is 1. The predicted octanol–water partition coefficient (Wildman–Crippen LogP) is 2.72. The molecule has 0 unspecified atom stereocenters. The molecule has 1 amide bonds. The van der Waals surface area contributed by atoms with Crippen LogP contribution >= 0.6 is 23.2 Å². The number of carbonyl (C=O) groups excluding carboxylic acids is 1. The van der Waals surface area contributed by atoms with Crippen molar-refractivity contribution in [3.05, 3.63) is 27.7 Å². The minimum atomic E-state index is -0.403. The Labute approximate surface area is 151 Å². The lowest BCUT2D eigenvalue weighted by Crippen LogP contribution is -2.42. The van der Waals surface area contributed by atoms with Crippen molar-refractivity contribution >= 4 is 29.1 Å². The molecule has 0 radical (unpaired) electrons. The second-order valence-corrected chi connectivity index (χ2v) is 7.48. The van der Waals surface area contributed by atoms with E-state index < -0.39 is 6.10 Å². The van der Waals surface area contributed by atoms with Crippen LogP contribution in [0.2, 0.25) is 10.0 Å². The summed E-state index contributed by atoms with van der Waals surface area (Å²) in [6.07, 6.45) is 2.37. The standard InChI is InChI=1S/C17H22Cl2N2O3/c18-12-3-4-14(23)16(17(12)19)13-6-10(8-20-13)7-15(24)21-5-1-2-11(22)9-21/h3-4,10-11,13,20,22-23H,1-2,5-9H2/t10-,11+,13+/m0/s1. The van der Waals surface area contributed by atoms with Crippen molar-refractivity contribution in [3.8, 4) is 5.75 Å². The van der Waals surface area contributed by atoms with E-state index in [1.54, 1.807) is 17.0 Å². The predicted molar refractivity (Wildman–Crippen MR) is 93.4 cm³/mol. The summed E-state index contributed by atoms with van der Waals surface area (Å²) in [6, 6.07) is 3.00. The molecular weight excluding hydrogens is 351 g/mol. The highest BCUT2D eigenvalue weighted by Crippen LogP contribution is 2.41. The van der Waals surface area contributed by atoms with Crippen molar-refractivity contribution in [2.45, 2.75) is 37.8 Å². The highest BCUT2D eigenvalue weighted by Gasteiger charge is 2.32. The third-order valence-electron chi connectivity index (χ3n) is 4.89. The van der Waals surface area contributed by atoms with Crippen LogP contribution < -0.4 is 5.32 Å². The van der Waals surface area contributed by atoms with Crippen LogP contribution in [-0.4, -0.2) is 46.8 Å². The molecule has 3 rings (SSSR count). The van der Waals surface area contributed by atoms with Gasteiger partial charge >= 0.3 is 0 Å². The van der Waals surface area contributed by atoms with E-state index in [2.05, 4.69) is 5.32 Å². The van der Waals surface area contributed by atoms with Gasteiger partial charge in [-0.05, 0) is 43.9 Å². The molecule has 0 aliphatic carbocycles. The van der Waals surface area contributed by atoms with E-state index in [4.69, 9.17) is 23.2 Å². The number of piperidine rings is 1. The molecule has 0 spiro atoms. The van der Waals surface area contributed by atoms with Crippen molar-refractivity contribution < 1.29 is 15.0 Å². The van der Waals surface area contributed by atoms with Crippen LogP contribution in [0.1, 0.15) is 37.3 Å². The summed E-state index contributed by atoms with van der Waals surface area (Å²) in [4.78, 5) is 14.2. The zero-order valence-electron chi connectivity index (χ0n) is 13.3. The monoisotopic (exact) mass is 372 g/mol. The number of amides is 1. The van der Waals surface area contributed by atoms with Gasteiger partial charge in [0.25, 0.3) is 0 Å². The second kappa shape index (κ2) is 7.48. The smallest absolute Gasteiger partial charge is 0.222 e. The number of hydrogen-bond donors (Lipinski definition) is 3. The normalized spacial score (nSPS) is 27.5. The number of carbonyl (C=O) groups is 1. The van der Waals surface area contributed by atoms with Crippen molar-refractivity contribution in [1.29, 1.82) is 0 Å². The Balaban J connectivity index is 1.62. The number of halogens is 2. The summed E-state index contributed by atoms with van der Waals surface area (Å²) < 4.78 is 0. The molecule has 7 heteroatoms. The van der Waals surface area contributed by atoms with Crippen molar-refractivity contribution in [3.63, 3.8) is 0 Å². The van der Waals surface area contributed by atoms with Crippen LogP contribution in [0, 0.1) is 5.92 Å². The maximum atomic E-state index is 12.4. The number of β-amino-alcohol motifs (C(OH)–C–C–N with tert-alkyl or cyclic N) is 1. The second-order valence-electron chi connectivity index (χ2n) is 6.70. The van der Waals surface area contributed by atoms with Crippen molar-refractivity contribution in [1.82, 2.24) is 10.2 Å². The van der Waals surface area contributed by atoms with E-state index in [0.29, 0.717) is 35.1 Å². The third kappa shape index (κ3) is 3.80. The van der Waals surface area contributed by atoms with Gasteiger partial charge < -0.3 is 20.4 Å². The Morgan fingerprint density at radius 3 is 2.92 bits per heavy atom. The van der Waals surface area contributed by atoms with E-state index in [1.165, 1.54) is 0 Å². The Morgan fingerprint density at radius 1 is 1.38 bits per heavy atom. The molecule has 24 heavy (non-hydrogen) atoms. The highest BCUT2D eigenvalue weighted by atomic mass is 35.5. The highest BCUT2D eigenvalue weighted by molar-refractivity contribution is 6.42. The van der Waals surface area contributed by atoms with Gasteiger partial charge in [-0.3, -0.25) is 4.79 Å². The first-order valence-corrected chi connectivity index (χ1v) is 9.07. The number of phenolic OH excluding ortho intramolecular Hbond substituents is 1. The zero-order valence-corrected chi connectivity index (χ0v) is 14.9. The lowest BCUT2D eigenvalue weighted by atomic mass is 9.96. The van der Waals surface area contributed by atoms with Gasteiger partial charge in [0.05, 0.1) is 16.1 Å². The average Bonchev–Trinajstić information content (AvgIpc) is 2.99. The number of phenols is 1. The van der Waals surface area contributed by atoms with Crippen LogP contribution in [0.4, 0.5) is 0 Å². The molecule has 0 bridgehead atoms. The molecule has 3 atom stereocenters. The van der Waals surface area contributed by atoms with Gasteiger partial charge in [0, 0.05) is 31.1 Å². The fraction of sp³-hybridized carbons (Fsp3) is 0.588. The van der Waals surface area contributed by atoms with Gasteiger partial charge in [-0.1, -0.05) is 23.2 Å². The number of hydrogen-bond acceptors (Lipinski definition) is 4. The Hall–Kier alpha value is -1.01. The number of nitrogens with zero attached hydrogens (tertiary/aromatic N) is 1. The zero-order chi connectivity index (χ0) is 17.3. The fourth-order valence-electron chi connectivity index (χ4n) is 3.63. The van der Waals surface area contributed by atoms with Crippen LogP contribution in [0.15, 0.2) is 12.1 Å². The minimum absolute atomic E-state index is 0.0858. The van der Waals surface area contributed by atoms with Gasteiger partial charge in [0.15, 0.2) is 0 Å². The molecule has 0 aromatic heterocycles. The number of aromatic hydroxyl groups is 1. The van der Waals surface area contributed by atoms with Crippen molar-refractivity contribution in [2.75, 3.05) is 19.6 Å². The molecule has 5 nitrogen and oxygen atoms in total. The van der Waals surface area contributed by atoms with Crippen LogP contribution in [0.25, 0.3) is 0 Å². The molecule has 132 valence electrons. The number of aliphatic hydroxyl groups is 1. The summed E-state index contributed by atoms with van der Waals surface area (Å²) in [5.41, 5.74) is 0.604. The first-order valence-electron chi connectivity index (χ1n) is 8.31. The van der Waals surface area contributed by atoms with E-state index in [1.807, 2.05) is 0 Å². The third-order valence-corrected chi connectivity index (χ3v) is 5.71. The molecule has 2 fully saturated rings. The van der Waals surface area contributed by atoms with Gasteiger partial charge in [-0.25, -0.2) is 0 Å². The molecule has 2 aliphatic rings. The Morgan fingerprint density at radius 2 is 2.17 bits per heavy atom. The summed E-state index contributed by atoms with van der Waals surface area (Å²) in [7, 11) is 0. The lowest BCUT2D eigenvalue weighted by molar-refractivity contribution is -0.135. The molecule has 1 aromatic carbocycles. The largest absolute Gasteiger partial charge is 0.508 e. The number of aliphatic hydroxyl groups excluding tert-OH is 1. The van der Waals surface area contributed by atoms with Crippen LogP contribution in [0.5, 0.6) is 5.75 Å². The summed E-state index contributed by atoms with van der Waals surface area (Å²) in [6.45, 7) is 1.85.